The van der Waals surface area contributed by atoms with Gasteiger partial charge in [-0.3, -0.25) is 0 Å². The molecule has 0 fully saturated rings. The van der Waals surface area contributed by atoms with E-state index in [9.17, 15) is 9.50 Å². The molecule has 2 nitrogen and oxygen atoms in total. The highest BCUT2D eigenvalue weighted by molar-refractivity contribution is 6.31. The number of hydrogen-bond donors (Lipinski definition) is 1. The molecule has 0 saturated heterocycles. The molecule has 0 bridgehead atoms. The summed E-state index contributed by atoms with van der Waals surface area (Å²) in [5, 5.41) is 9.26. The van der Waals surface area contributed by atoms with Crippen LogP contribution < -0.4 is 4.90 Å². The van der Waals surface area contributed by atoms with Gasteiger partial charge in [-0.15, -0.1) is 0 Å². The summed E-state index contributed by atoms with van der Waals surface area (Å²) in [7, 11) is 3.48. The van der Waals surface area contributed by atoms with Gasteiger partial charge < -0.3 is 10.0 Å². The summed E-state index contributed by atoms with van der Waals surface area (Å²) in [6.45, 7) is 0. The lowest BCUT2D eigenvalue weighted by Crippen LogP contribution is -2.08. The van der Waals surface area contributed by atoms with Crippen LogP contribution in [0.4, 0.5) is 10.1 Å². The SMILES string of the molecule is CN(C)c1cc(Cl)c(F)cc1O. The smallest absolute Gasteiger partial charge is 0.145 e. The number of halogens is 2. The zero-order chi connectivity index (χ0) is 9.30. The van der Waals surface area contributed by atoms with E-state index in [2.05, 4.69) is 0 Å². The maximum atomic E-state index is 12.7. The van der Waals surface area contributed by atoms with Gasteiger partial charge in [-0.25, -0.2) is 4.39 Å². The van der Waals surface area contributed by atoms with E-state index in [1.807, 2.05) is 0 Å². The van der Waals surface area contributed by atoms with Gasteiger partial charge in [-0.1, -0.05) is 11.6 Å². The summed E-state index contributed by atoms with van der Waals surface area (Å²) in [6.07, 6.45) is 0. The van der Waals surface area contributed by atoms with Crippen molar-refractivity contribution >= 4 is 17.3 Å². The zero-order valence-electron chi connectivity index (χ0n) is 6.81. The second kappa shape index (κ2) is 3.19. The number of phenols is 1. The van der Waals surface area contributed by atoms with E-state index < -0.39 is 5.82 Å². The summed E-state index contributed by atoms with van der Waals surface area (Å²) in [6, 6.07) is 2.38. The van der Waals surface area contributed by atoms with Crippen molar-refractivity contribution < 1.29 is 9.50 Å². The lowest BCUT2D eigenvalue weighted by Gasteiger charge is -2.14. The molecule has 0 amide bonds. The molecule has 0 aliphatic carbocycles. The van der Waals surface area contributed by atoms with Gasteiger partial charge in [0.25, 0.3) is 0 Å². The fraction of sp³-hybridized carbons (Fsp3) is 0.250. The number of hydrogen-bond acceptors (Lipinski definition) is 2. The van der Waals surface area contributed by atoms with Gasteiger partial charge in [0.05, 0.1) is 10.7 Å². The van der Waals surface area contributed by atoms with Crippen LogP contribution in [0.15, 0.2) is 12.1 Å². The third-order valence-electron chi connectivity index (χ3n) is 1.50. The Morgan fingerprint density at radius 3 is 2.50 bits per heavy atom. The van der Waals surface area contributed by atoms with Gasteiger partial charge in [0, 0.05) is 20.2 Å². The molecule has 66 valence electrons. The molecule has 1 rings (SSSR count). The molecule has 4 heteroatoms. The van der Waals surface area contributed by atoms with Crippen LogP contribution in [-0.2, 0) is 0 Å². The molecule has 12 heavy (non-hydrogen) atoms. The first-order chi connectivity index (χ1) is 5.52. The molecule has 0 spiro atoms. The van der Waals surface area contributed by atoms with E-state index in [-0.39, 0.29) is 10.8 Å². The lowest BCUT2D eigenvalue weighted by atomic mass is 10.2. The number of aromatic hydroxyl groups is 1. The number of rotatable bonds is 1. The molecular formula is C8H9ClFNO. The zero-order valence-corrected chi connectivity index (χ0v) is 7.56. The van der Waals surface area contributed by atoms with E-state index in [1.165, 1.54) is 6.07 Å². The quantitative estimate of drug-likeness (QED) is 0.733. The van der Waals surface area contributed by atoms with E-state index in [1.54, 1.807) is 19.0 Å². The summed E-state index contributed by atoms with van der Waals surface area (Å²) < 4.78 is 12.7. The fourth-order valence-corrected chi connectivity index (χ4v) is 1.04. The summed E-state index contributed by atoms with van der Waals surface area (Å²) in [5.74, 6) is -0.721. The van der Waals surface area contributed by atoms with Crippen LogP contribution in [0.25, 0.3) is 0 Å². The third-order valence-corrected chi connectivity index (χ3v) is 1.79. The Kier molecular flexibility index (Phi) is 2.43. The van der Waals surface area contributed by atoms with Gasteiger partial charge in [-0.2, -0.15) is 0 Å². The van der Waals surface area contributed by atoms with Crippen LogP contribution in [0.1, 0.15) is 0 Å². The first kappa shape index (κ1) is 9.13. The summed E-state index contributed by atoms with van der Waals surface area (Å²) in [5.41, 5.74) is 0.501. The van der Waals surface area contributed by atoms with Crippen molar-refractivity contribution in [3.8, 4) is 5.75 Å². The summed E-state index contributed by atoms with van der Waals surface area (Å²) in [4.78, 5) is 1.65. The highest BCUT2D eigenvalue weighted by atomic mass is 35.5. The topological polar surface area (TPSA) is 23.5 Å². The van der Waals surface area contributed by atoms with Gasteiger partial charge in [0.15, 0.2) is 0 Å². The predicted octanol–water partition coefficient (Wildman–Crippen LogP) is 2.25. The Hall–Kier alpha value is -0.960. The Morgan fingerprint density at radius 1 is 1.42 bits per heavy atom. The number of anilines is 1. The van der Waals surface area contributed by atoms with Crippen molar-refractivity contribution in [2.75, 3.05) is 19.0 Å². The van der Waals surface area contributed by atoms with Gasteiger partial charge in [-0.05, 0) is 6.07 Å². The van der Waals surface area contributed by atoms with E-state index in [0.717, 1.165) is 6.07 Å². The molecule has 1 N–H and O–H groups in total. The molecule has 1 aromatic rings. The number of nitrogens with zero attached hydrogens (tertiary/aromatic N) is 1. The van der Waals surface area contributed by atoms with Crippen LogP contribution >= 0.6 is 11.6 Å². The Bertz CT molecular complexity index is 301. The van der Waals surface area contributed by atoms with Crippen LogP contribution in [0.3, 0.4) is 0 Å². The van der Waals surface area contributed by atoms with Crippen molar-refractivity contribution in [1.29, 1.82) is 0 Å². The average Bonchev–Trinajstić information content (AvgIpc) is 1.96. The highest BCUT2D eigenvalue weighted by Gasteiger charge is 2.08. The van der Waals surface area contributed by atoms with Crippen molar-refractivity contribution in [2.45, 2.75) is 0 Å². The summed E-state index contributed by atoms with van der Waals surface area (Å²) >= 11 is 5.52. The average molecular weight is 190 g/mol. The lowest BCUT2D eigenvalue weighted by molar-refractivity contribution is 0.469. The maximum absolute atomic E-state index is 12.7. The molecule has 0 radical (unpaired) electrons. The van der Waals surface area contributed by atoms with Crippen molar-refractivity contribution in [3.05, 3.63) is 23.0 Å². The van der Waals surface area contributed by atoms with E-state index in [4.69, 9.17) is 11.6 Å². The van der Waals surface area contributed by atoms with Crippen LogP contribution in [0.5, 0.6) is 5.75 Å². The van der Waals surface area contributed by atoms with Crippen molar-refractivity contribution in [3.63, 3.8) is 0 Å². The Morgan fingerprint density at radius 2 is 2.00 bits per heavy atom. The van der Waals surface area contributed by atoms with E-state index >= 15 is 0 Å². The van der Waals surface area contributed by atoms with Crippen molar-refractivity contribution in [2.24, 2.45) is 0 Å². The minimum absolute atomic E-state index is 0.0106. The molecule has 0 unspecified atom stereocenters. The Balaban J connectivity index is 3.23. The fourth-order valence-electron chi connectivity index (χ4n) is 0.884. The maximum Gasteiger partial charge on any atom is 0.145 e. The van der Waals surface area contributed by atoms with Gasteiger partial charge >= 0.3 is 0 Å². The molecule has 0 saturated carbocycles. The molecular weight excluding hydrogens is 181 g/mol. The van der Waals surface area contributed by atoms with Gasteiger partial charge in [0.1, 0.15) is 11.6 Å². The van der Waals surface area contributed by atoms with E-state index in [0.29, 0.717) is 5.69 Å². The van der Waals surface area contributed by atoms with Crippen LogP contribution in [0, 0.1) is 5.82 Å². The normalized spacial score (nSPS) is 10.0. The third kappa shape index (κ3) is 1.61. The predicted molar refractivity (Wildman–Crippen MR) is 47.4 cm³/mol. The second-order valence-electron chi connectivity index (χ2n) is 2.65. The Labute approximate surface area is 75.2 Å². The first-order valence-corrected chi connectivity index (χ1v) is 3.75. The highest BCUT2D eigenvalue weighted by Crippen LogP contribution is 2.30. The molecule has 0 heterocycles. The van der Waals surface area contributed by atoms with Crippen LogP contribution in [0.2, 0.25) is 5.02 Å². The second-order valence-corrected chi connectivity index (χ2v) is 3.06. The minimum Gasteiger partial charge on any atom is -0.506 e. The number of benzene rings is 1. The standard InChI is InChI=1S/C8H9ClFNO/c1-11(2)7-3-5(9)6(10)4-8(7)12/h3-4,12H,1-2H3. The minimum atomic E-state index is -0.611. The van der Waals surface area contributed by atoms with Crippen molar-refractivity contribution in [1.82, 2.24) is 0 Å². The molecule has 0 aliphatic rings. The van der Waals surface area contributed by atoms with Crippen LogP contribution in [-0.4, -0.2) is 19.2 Å². The first-order valence-electron chi connectivity index (χ1n) is 3.37. The monoisotopic (exact) mass is 189 g/mol. The molecule has 0 aliphatic heterocycles. The largest absolute Gasteiger partial charge is 0.506 e. The molecule has 0 atom stereocenters. The molecule has 1 aromatic carbocycles. The molecule has 0 aromatic heterocycles. The van der Waals surface area contributed by atoms with Gasteiger partial charge in [0.2, 0.25) is 0 Å². The number of phenolic OH excluding ortho intramolecular Hbond substituents is 1.